The number of nitrogens with one attached hydrogen (secondary N) is 1. The molecule has 0 spiro atoms. The summed E-state index contributed by atoms with van der Waals surface area (Å²) in [6.45, 7) is 1.87. The molecule has 3 rings (SSSR count). The summed E-state index contributed by atoms with van der Waals surface area (Å²) in [5.74, 6) is 0.473. The zero-order valence-corrected chi connectivity index (χ0v) is 12.2. The summed E-state index contributed by atoms with van der Waals surface area (Å²) in [5.41, 5.74) is 8.81. The van der Waals surface area contributed by atoms with E-state index in [1.807, 2.05) is 37.3 Å². The number of fused-ring (bicyclic) bond motifs is 1. The minimum atomic E-state index is 0.256. The zero-order chi connectivity index (χ0) is 14.8. The molecule has 0 saturated carbocycles. The van der Waals surface area contributed by atoms with E-state index in [0.717, 1.165) is 22.3 Å². The van der Waals surface area contributed by atoms with Crippen LogP contribution in [0, 0.1) is 6.92 Å². The van der Waals surface area contributed by atoms with E-state index in [2.05, 4.69) is 20.3 Å². The number of aryl methyl sites for hydroxylation is 1. The molecule has 104 valence electrons. The summed E-state index contributed by atoms with van der Waals surface area (Å²) in [4.78, 5) is 13.2. The first-order valence-electron chi connectivity index (χ1n) is 6.39. The van der Waals surface area contributed by atoms with Gasteiger partial charge in [-0.25, -0.2) is 9.97 Å². The molecule has 0 bridgehead atoms. The molecule has 0 atom stereocenters. The third kappa shape index (κ3) is 2.95. The van der Waals surface area contributed by atoms with Crippen LogP contribution in [0.25, 0.3) is 10.9 Å². The van der Waals surface area contributed by atoms with Crippen LogP contribution >= 0.6 is 12.2 Å². The topological polar surface area (TPSA) is 76.7 Å². The number of pyridine rings is 1. The van der Waals surface area contributed by atoms with Crippen LogP contribution in [0.1, 0.15) is 11.4 Å². The Balaban J connectivity index is 1.96. The van der Waals surface area contributed by atoms with Crippen LogP contribution in [-0.2, 0) is 0 Å². The highest BCUT2D eigenvalue weighted by atomic mass is 32.1. The smallest absolute Gasteiger partial charge is 0.228 e. The van der Waals surface area contributed by atoms with Gasteiger partial charge in [0.25, 0.3) is 0 Å². The minimum absolute atomic E-state index is 0.256. The van der Waals surface area contributed by atoms with Crippen LogP contribution in [0.15, 0.2) is 42.6 Å². The Kier molecular flexibility index (Phi) is 3.45. The van der Waals surface area contributed by atoms with Gasteiger partial charge in [0.1, 0.15) is 10.7 Å². The standard InChI is InChI=1S/C15H13N5S/c1-9-7-13(14(16)21)20-15(18-9)19-11-4-5-12-10(8-11)3-2-6-17-12/h2-8H,1H3,(H2,16,21)(H,18,19,20). The highest BCUT2D eigenvalue weighted by molar-refractivity contribution is 7.80. The second-order valence-electron chi connectivity index (χ2n) is 4.62. The normalized spacial score (nSPS) is 10.5. The Bertz CT molecular complexity index is 831. The SMILES string of the molecule is Cc1cc(C(N)=S)nc(Nc2ccc3ncccc3c2)n1. The fraction of sp³-hybridized carbons (Fsp3) is 0.0667. The maximum atomic E-state index is 5.62. The van der Waals surface area contributed by atoms with E-state index in [-0.39, 0.29) is 4.99 Å². The number of rotatable bonds is 3. The molecule has 0 aliphatic carbocycles. The molecular formula is C15H13N5S. The van der Waals surface area contributed by atoms with Crippen LogP contribution in [0.3, 0.4) is 0 Å². The number of nitrogens with zero attached hydrogens (tertiary/aromatic N) is 3. The summed E-state index contributed by atoms with van der Waals surface area (Å²) in [7, 11) is 0. The Labute approximate surface area is 127 Å². The van der Waals surface area contributed by atoms with Crippen LogP contribution < -0.4 is 11.1 Å². The number of benzene rings is 1. The Hall–Kier alpha value is -2.60. The first-order chi connectivity index (χ1) is 10.1. The van der Waals surface area contributed by atoms with Crippen molar-refractivity contribution in [2.24, 2.45) is 5.73 Å². The maximum absolute atomic E-state index is 5.62. The van der Waals surface area contributed by atoms with Gasteiger partial charge in [-0.05, 0) is 37.3 Å². The highest BCUT2D eigenvalue weighted by Gasteiger charge is 2.05. The summed E-state index contributed by atoms with van der Waals surface area (Å²) in [6.07, 6.45) is 1.77. The maximum Gasteiger partial charge on any atom is 0.228 e. The molecule has 0 saturated heterocycles. The van der Waals surface area contributed by atoms with Gasteiger partial charge in [-0.1, -0.05) is 18.3 Å². The van der Waals surface area contributed by atoms with Crippen molar-refractivity contribution in [1.29, 1.82) is 0 Å². The van der Waals surface area contributed by atoms with Gasteiger partial charge in [-0.3, -0.25) is 4.98 Å². The second kappa shape index (κ2) is 5.41. The highest BCUT2D eigenvalue weighted by Crippen LogP contribution is 2.19. The molecule has 0 amide bonds. The van der Waals surface area contributed by atoms with E-state index < -0.39 is 0 Å². The van der Waals surface area contributed by atoms with Gasteiger partial charge < -0.3 is 11.1 Å². The summed E-state index contributed by atoms with van der Waals surface area (Å²) in [5, 5.41) is 4.21. The van der Waals surface area contributed by atoms with Gasteiger partial charge in [0.15, 0.2) is 0 Å². The van der Waals surface area contributed by atoms with E-state index >= 15 is 0 Å². The number of anilines is 2. The van der Waals surface area contributed by atoms with Crippen molar-refractivity contribution in [2.45, 2.75) is 6.92 Å². The van der Waals surface area contributed by atoms with Crippen LogP contribution in [-0.4, -0.2) is 19.9 Å². The molecule has 6 heteroatoms. The van der Waals surface area contributed by atoms with Crippen LogP contribution in [0.5, 0.6) is 0 Å². The van der Waals surface area contributed by atoms with E-state index in [9.17, 15) is 0 Å². The van der Waals surface area contributed by atoms with Crippen molar-refractivity contribution in [3.8, 4) is 0 Å². The average molecular weight is 295 g/mol. The molecular weight excluding hydrogens is 282 g/mol. The summed E-state index contributed by atoms with van der Waals surface area (Å²) < 4.78 is 0. The van der Waals surface area contributed by atoms with Gasteiger partial charge in [0, 0.05) is 23.0 Å². The van der Waals surface area contributed by atoms with E-state index in [1.54, 1.807) is 12.3 Å². The first-order valence-corrected chi connectivity index (χ1v) is 6.80. The largest absolute Gasteiger partial charge is 0.388 e. The fourth-order valence-corrected chi connectivity index (χ4v) is 2.14. The van der Waals surface area contributed by atoms with Crippen molar-refractivity contribution >= 4 is 39.7 Å². The lowest BCUT2D eigenvalue weighted by Crippen LogP contribution is -2.13. The Morgan fingerprint density at radius 2 is 2.05 bits per heavy atom. The molecule has 0 unspecified atom stereocenters. The third-order valence-electron chi connectivity index (χ3n) is 2.97. The molecule has 2 heterocycles. The van der Waals surface area contributed by atoms with Crippen molar-refractivity contribution in [2.75, 3.05) is 5.32 Å². The number of thiocarbonyl (C=S) groups is 1. The third-order valence-corrected chi connectivity index (χ3v) is 3.17. The van der Waals surface area contributed by atoms with Gasteiger partial charge in [-0.15, -0.1) is 0 Å². The molecule has 5 nitrogen and oxygen atoms in total. The van der Waals surface area contributed by atoms with Gasteiger partial charge in [0.05, 0.1) is 5.52 Å². The predicted molar refractivity (Wildman–Crippen MR) is 87.7 cm³/mol. The lowest BCUT2D eigenvalue weighted by atomic mass is 10.2. The number of aromatic nitrogens is 3. The Morgan fingerprint density at radius 3 is 2.86 bits per heavy atom. The number of nitrogens with two attached hydrogens (primary N) is 1. The average Bonchev–Trinajstić information content (AvgIpc) is 2.46. The molecule has 3 aromatic rings. The quantitative estimate of drug-likeness (QED) is 0.724. The first kappa shape index (κ1) is 13.4. The minimum Gasteiger partial charge on any atom is -0.388 e. The van der Waals surface area contributed by atoms with Crippen molar-refractivity contribution < 1.29 is 0 Å². The van der Waals surface area contributed by atoms with Crippen LogP contribution in [0.2, 0.25) is 0 Å². The van der Waals surface area contributed by atoms with E-state index in [0.29, 0.717) is 11.6 Å². The fourth-order valence-electron chi connectivity index (χ4n) is 2.03. The van der Waals surface area contributed by atoms with Gasteiger partial charge in [0.2, 0.25) is 5.95 Å². The van der Waals surface area contributed by atoms with Crippen molar-refractivity contribution in [1.82, 2.24) is 15.0 Å². The van der Waals surface area contributed by atoms with Crippen LogP contribution in [0.4, 0.5) is 11.6 Å². The molecule has 0 aliphatic heterocycles. The molecule has 0 radical (unpaired) electrons. The molecule has 0 fully saturated rings. The molecule has 2 aromatic heterocycles. The Morgan fingerprint density at radius 1 is 1.19 bits per heavy atom. The predicted octanol–water partition coefficient (Wildman–Crippen LogP) is 2.71. The summed E-state index contributed by atoms with van der Waals surface area (Å²) >= 11 is 4.96. The monoisotopic (exact) mass is 295 g/mol. The van der Waals surface area contributed by atoms with E-state index in [4.69, 9.17) is 18.0 Å². The number of hydrogen-bond acceptors (Lipinski definition) is 5. The van der Waals surface area contributed by atoms with Gasteiger partial charge in [-0.2, -0.15) is 0 Å². The lowest BCUT2D eigenvalue weighted by Gasteiger charge is -2.08. The zero-order valence-electron chi connectivity index (χ0n) is 11.4. The summed E-state index contributed by atoms with van der Waals surface area (Å²) in [6, 6.07) is 11.5. The molecule has 1 aromatic carbocycles. The van der Waals surface area contributed by atoms with Crippen molar-refractivity contribution in [3.63, 3.8) is 0 Å². The second-order valence-corrected chi connectivity index (χ2v) is 5.06. The molecule has 0 aliphatic rings. The van der Waals surface area contributed by atoms with Gasteiger partial charge >= 0.3 is 0 Å². The van der Waals surface area contributed by atoms with E-state index in [1.165, 1.54) is 0 Å². The molecule has 3 N–H and O–H groups in total. The lowest BCUT2D eigenvalue weighted by molar-refractivity contribution is 1.09. The number of hydrogen-bond donors (Lipinski definition) is 2. The molecule has 21 heavy (non-hydrogen) atoms. The van der Waals surface area contributed by atoms with Crippen molar-refractivity contribution in [3.05, 3.63) is 54.0 Å².